The third-order valence-electron chi connectivity index (χ3n) is 3.47. The van der Waals surface area contributed by atoms with Gasteiger partial charge in [-0.3, -0.25) is 0 Å². The van der Waals surface area contributed by atoms with E-state index in [0.29, 0.717) is 0 Å². The molecule has 1 aromatic rings. The van der Waals surface area contributed by atoms with E-state index in [2.05, 4.69) is 31.4 Å². The van der Waals surface area contributed by atoms with Gasteiger partial charge in [0.25, 0.3) is 0 Å². The van der Waals surface area contributed by atoms with Gasteiger partial charge in [-0.25, -0.2) is 4.79 Å². The zero-order chi connectivity index (χ0) is 17.3. The molecular weight excluding hydrogens is 304 g/mol. The molecule has 0 unspecified atom stereocenters. The Hall–Kier alpha value is -1.22. The zero-order valence-corrected chi connectivity index (χ0v) is 16.0. The summed E-state index contributed by atoms with van der Waals surface area (Å²) in [5.41, 5.74) is 2.01. The van der Waals surface area contributed by atoms with Crippen molar-refractivity contribution in [2.45, 2.75) is 70.3 Å². The molecule has 0 spiro atoms. The second-order valence-corrected chi connectivity index (χ2v) is 7.56. The fourth-order valence-corrected chi connectivity index (χ4v) is 3.04. The van der Waals surface area contributed by atoms with Crippen molar-refractivity contribution in [2.24, 2.45) is 0 Å². The Balaban J connectivity index is 2.87. The number of aryl methyl sites for hydroxylation is 1. The molecule has 0 aliphatic heterocycles. The highest BCUT2D eigenvalue weighted by Crippen LogP contribution is 2.26. The van der Waals surface area contributed by atoms with Crippen LogP contribution in [0.25, 0.3) is 6.08 Å². The number of carbonyl (C=O) groups excluding carboxylic acids is 1. The number of unbranched alkanes of at least 4 members (excludes halogenated alkanes) is 3. The van der Waals surface area contributed by atoms with Crippen molar-refractivity contribution in [1.82, 2.24) is 0 Å². The summed E-state index contributed by atoms with van der Waals surface area (Å²) in [5, 5.41) is 0. The van der Waals surface area contributed by atoms with Crippen LogP contribution in [-0.2, 0) is 16.0 Å². The molecule has 0 amide bonds. The maximum absolute atomic E-state index is 11.9. The summed E-state index contributed by atoms with van der Waals surface area (Å²) in [7, 11) is 0. The van der Waals surface area contributed by atoms with Gasteiger partial charge in [0, 0.05) is 11.0 Å². The first-order chi connectivity index (χ1) is 10.9. The Morgan fingerprint density at radius 3 is 2.57 bits per heavy atom. The normalized spacial score (nSPS) is 11.9. The van der Waals surface area contributed by atoms with E-state index in [1.54, 1.807) is 17.8 Å². The van der Waals surface area contributed by atoms with Crippen LogP contribution >= 0.6 is 11.8 Å². The molecule has 128 valence electrons. The Morgan fingerprint density at radius 1 is 1.22 bits per heavy atom. The van der Waals surface area contributed by atoms with Gasteiger partial charge in [-0.15, -0.1) is 11.8 Å². The van der Waals surface area contributed by atoms with Gasteiger partial charge in [0.15, 0.2) is 0 Å². The lowest BCUT2D eigenvalue weighted by Crippen LogP contribution is -2.22. The van der Waals surface area contributed by atoms with Crippen LogP contribution in [0, 0.1) is 0 Å². The fraction of sp³-hybridized carbons (Fsp3) is 0.550. The molecule has 1 aromatic carbocycles. The smallest absolute Gasteiger partial charge is 0.331 e. The minimum atomic E-state index is -0.455. The minimum absolute atomic E-state index is 0.287. The standard InChI is InChI=1S/C20H30O2S/c1-6-7-8-9-11-16-12-10-13-18(23-5)17(16)14-15-19(21)22-20(2,3)4/h10,12-15H,6-9,11H2,1-5H3. The highest BCUT2D eigenvalue weighted by molar-refractivity contribution is 7.98. The quantitative estimate of drug-likeness (QED) is 0.257. The van der Waals surface area contributed by atoms with E-state index < -0.39 is 5.60 Å². The number of benzene rings is 1. The van der Waals surface area contributed by atoms with E-state index in [4.69, 9.17) is 4.74 Å². The largest absolute Gasteiger partial charge is 0.457 e. The zero-order valence-electron chi connectivity index (χ0n) is 15.1. The van der Waals surface area contributed by atoms with Crippen molar-refractivity contribution >= 4 is 23.8 Å². The Bertz CT molecular complexity index is 527. The van der Waals surface area contributed by atoms with Crippen molar-refractivity contribution in [3.63, 3.8) is 0 Å². The summed E-state index contributed by atoms with van der Waals surface area (Å²) in [6.07, 6.45) is 11.6. The second-order valence-electron chi connectivity index (χ2n) is 6.71. The monoisotopic (exact) mass is 334 g/mol. The fourth-order valence-electron chi connectivity index (χ4n) is 2.40. The summed E-state index contributed by atoms with van der Waals surface area (Å²) in [6, 6.07) is 6.38. The molecule has 0 aliphatic rings. The van der Waals surface area contributed by atoms with E-state index in [-0.39, 0.29) is 5.97 Å². The average Bonchev–Trinajstić information content (AvgIpc) is 2.48. The first-order valence-electron chi connectivity index (χ1n) is 8.44. The van der Waals surface area contributed by atoms with E-state index in [1.807, 2.05) is 26.8 Å². The third kappa shape index (κ3) is 7.74. The maximum Gasteiger partial charge on any atom is 0.331 e. The third-order valence-corrected chi connectivity index (χ3v) is 4.26. The number of hydrogen-bond acceptors (Lipinski definition) is 3. The molecule has 23 heavy (non-hydrogen) atoms. The summed E-state index contributed by atoms with van der Waals surface area (Å²) >= 11 is 1.71. The van der Waals surface area contributed by atoms with E-state index in [1.165, 1.54) is 36.1 Å². The van der Waals surface area contributed by atoms with Crippen LogP contribution in [0.4, 0.5) is 0 Å². The molecule has 0 fully saturated rings. The van der Waals surface area contributed by atoms with Gasteiger partial charge in [0.1, 0.15) is 5.60 Å². The molecule has 3 heteroatoms. The van der Waals surface area contributed by atoms with Crippen molar-refractivity contribution in [1.29, 1.82) is 0 Å². The first-order valence-corrected chi connectivity index (χ1v) is 9.66. The lowest BCUT2D eigenvalue weighted by Gasteiger charge is -2.18. The molecule has 2 nitrogen and oxygen atoms in total. The first kappa shape index (κ1) is 19.8. The summed E-state index contributed by atoms with van der Waals surface area (Å²) in [4.78, 5) is 13.1. The van der Waals surface area contributed by atoms with Crippen LogP contribution in [0.3, 0.4) is 0 Å². The van der Waals surface area contributed by atoms with Gasteiger partial charge < -0.3 is 4.74 Å². The molecule has 1 rings (SSSR count). The summed E-state index contributed by atoms with van der Waals surface area (Å²) in [5.74, 6) is -0.287. The molecule has 0 N–H and O–H groups in total. The predicted molar refractivity (Wildman–Crippen MR) is 101 cm³/mol. The number of thioether (sulfide) groups is 1. The molecule has 0 aliphatic carbocycles. The van der Waals surface area contributed by atoms with E-state index in [9.17, 15) is 4.79 Å². The molecule has 0 atom stereocenters. The number of carbonyl (C=O) groups is 1. The second kappa shape index (κ2) is 9.82. The van der Waals surface area contributed by atoms with Gasteiger partial charge in [0.2, 0.25) is 0 Å². The summed E-state index contributed by atoms with van der Waals surface area (Å²) < 4.78 is 5.35. The predicted octanol–water partition coefficient (Wildman–Crippen LogP) is 5.89. The number of esters is 1. The maximum atomic E-state index is 11.9. The van der Waals surface area contributed by atoms with Crippen LogP contribution < -0.4 is 0 Å². The van der Waals surface area contributed by atoms with Crippen molar-refractivity contribution in [3.8, 4) is 0 Å². The molecule has 0 saturated heterocycles. The van der Waals surface area contributed by atoms with Crippen molar-refractivity contribution in [3.05, 3.63) is 35.4 Å². The molecular formula is C20H30O2S. The van der Waals surface area contributed by atoms with Crippen molar-refractivity contribution in [2.75, 3.05) is 6.26 Å². The highest BCUT2D eigenvalue weighted by atomic mass is 32.2. The van der Waals surface area contributed by atoms with Gasteiger partial charge in [-0.1, -0.05) is 38.3 Å². The minimum Gasteiger partial charge on any atom is -0.457 e. The van der Waals surface area contributed by atoms with Crippen LogP contribution in [-0.4, -0.2) is 17.8 Å². The van der Waals surface area contributed by atoms with E-state index >= 15 is 0 Å². The van der Waals surface area contributed by atoms with Gasteiger partial charge in [-0.05, 0) is 63.1 Å². The molecule has 0 radical (unpaired) electrons. The van der Waals surface area contributed by atoms with Gasteiger partial charge in [-0.2, -0.15) is 0 Å². The Kier molecular flexibility index (Phi) is 8.46. The topological polar surface area (TPSA) is 26.3 Å². The molecule has 0 aromatic heterocycles. The van der Waals surface area contributed by atoms with Crippen LogP contribution in [0.15, 0.2) is 29.2 Å². The number of rotatable bonds is 8. The molecule has 0 bridgehead atoms. The lowest BCUT2D eigenvalue weighted by molar-refractivity contribution is -0.148. The SMILES string of the molecule is CCCCCCc1cccc(SC)c1C=CC(=O)OC(C)(C)C. The van der Waals surface area contributed by atoms with Crippen LogP contribution in [0.5, 0.6) is 0 Å². The summed E-state index contributed by atoms with van der Waals surface area (Å²) in [6.45, 7) is 7.87. The van der Waals surface area contributed by atoms with Gasteiger partial charge >= 0.3 is 5.97 Å². The highest BCUT2D eigenvalue weighted by Gasteiger charge is 2.14. The molecule has 0 saturated carbocycles. The van der Waals surface area contributed by atoms with E-state index in [0.717, 1.165) is 12.0 Å². The lowest BCUT2D eigenvalue weighted by atomic mass is 10.0. The van der Waals surface area contributed by atoms with Crippen molar-refractivity contribution < 1.29 is 9.53 Å². The molecule has 0 heterocycles. The average molecular weight is 335 g/mol. The van der Waals surface area contributed by atoms with Gasteiger partial charge in [0.05, 0.1) is 0 Å². The van der Waals surface area contributed by atoms with Crippen LogP contribution in [0.2, 0.25) is 0 Å². The number of hydrogen-bond donors (Lipinski definition) is 0. The van der Waals surface area contributed by atoms with Crippen LogP contribution in [0.1, 0.15) is 64.5 Å². The number of ether oxygens (including phenoxy) is 1. The Morgan fingerprint density at radius 2 is 1.96 bits per heavy atom. The Labute approximate surface area is 145 Å².